The van der Waals surface area contributed by atoms with Crippen LogP contribution in [0, 0.1) is 12.7 Å². The molecule has 0 bridgehead atoms. The van der Waals surface area contributed by atoms with Gasteiger partial charge in [0.15, 0.2) is 12.8 Å². The van der Waals surface area contributed by atoms with Crippen molar-refractivity contribution in [3.8, 4) is 5.75 Å². The molecule has 0 saturated carbocycles. The molecule has 0 aliphatic carbocycles. The van der Waals surface area contributed by atoms with Crippen molar-refractivity contribution in [2.45, 2.75) is 26.5 Å². The van der Waals surface area contributed by atoms with Crippen molar-refractivity contribution < 1.29 is 13.9 Å². The van der Waals surface area contributed by atoms with Crippen molar-refractivity contribution in [1.82, 2.24) is 10.2 Å². The van der Waals surface area contributed by atoms with Crippen molar-refractivity contribution in [3.63, 3.8) is 0 Å². The minimum atomic E-state index is -0.265. The van der Waals surface area contributed by atoms with E-state index in [9.17, 15) is 4.39 Å². The van der Waals surface area contributed by atoms with E-state index in [4.69, 9.17) is 9.47 Å². The molecule has 3 rings (SSSR count). The van der Waals surface area contributed by atoms with Crippen LogP contribution in [0.3, 0.4) is 0 Å². The number of ether oxygens (including phenoxy) is 2. The molecule has 6 heteroatoms. The van der Waals surface area contributed by atoms with Crippen LogP contribution < -0.4 is 10.1 Å². The van der Waals surface area contributed by atoms with Crippen LogP contribution in [-0.4, -0.2) is 38.3 Å². The van der Waals surface area contributed by atoms with Gasteiger partial charge in [-0.25, -0.2) is 4.39 Å². The zero-order chi connectivity index (χ0) is 19.2. The number of aryl methyl sites for hydroxylation is 1. The molecule has 27 heavy (non-hydrogen) atoms. The van der Waals surface area contributed by atoms with Crippen LogP contribution >= 0.6 is 0 Å². The third-order valence-electron chi connectivity index (χ3n) is 4.67. The molecular formula is C21H26FN3O2. The molecule has 1 aliphatic rings. The summed E-state index contributed by atoms with van der Waals surface area (Å²) in [6, 6.07) is 11.3. The zero-order valence-electron chi connectivity index (χ0n) is 16.1. The average molecular weight is 371 g/mol. The molecule has 0 radical (unpaired) electrons. The molecule has 0 saturated heterocycles. The number of aliphatic imine (C=N–C) groups is 1. The van der Waals surface area contributed by atoms with Crippen molar-refractivity contribution in [2.24, 2.45) is 4.99 Å². The molecule has 0 atom stereocenters. The van der Waals surface area contributed by atoms with E-state index in [1.807, 2.05) is 19.2 Å². The van der Waals surface area contributed by atoms with E-state index in [2.05, 4.69) is 34.3 Å². The number of fused-ring (bicyclic) bond motifs is 1. The fourth-order valence-electron chi connectivity index (χ4n) is 3.25. The largest absolute Gasteiger partial charge is 0.467 e. The highest BCUT2D eigenvalue weighted by atomic mass is 19.1. The van der Waals surface area contributed by atoms with Gasteiger partial charge in [0.1, 0.15) is 11.6 Å². The van der Waals surface area contributed by atoms with Gasteiger partial charge in [-0.2, -0.15) is 0 Å². The van der Waals surface area contributed by atoms with Gasteiger partial charge >= 0.3 is 0 Å². The summed E-state index contributed by atoms with van der Waals surface area (Å²) in [6.45, 7) is 4.09. The topological polar surface area (TPSA) is 46.1 Å². The number of rotatable bonds is 5. The Morgan fingerprint density at radius 1 is 1.26 bits per heavy atom. The standard InChI is InChI=1S/C21H26FN3O2/c1-15-6-4-5-7-17(15)12-25(3)21(23-2)24-9-8-16-10-19(22)11-18-13-26-14-27-20(16)18/h4-7,10-11H,8-9,12-14H2,1-3H3,(H,23,24). The predicted octanol–water partition coefficient (Wildman–Crippen LogP) is 3.25. The van der Waals surface area contributed by atoms with Gasteiger partial charge in [0.05, 0.1) is 6.61 Å². The van der Waals surface area contributed by atoms with Gasteiger partial charge in [-0.1, -0.05) is 24.3 Å². The maximum atomic E-state index is 13.9. The lowest BCUT2D eigenvalue weighted by atomic mass is 10.1. The number of hydrogen-bond donors (Lipinski definition) is 1. The van der Waals surface area contributed by atoms with Crippen LogP contribution in [0.4, 0.5) is 4.39 Å². The summed E-state index contributed by atoms with van der Waals surface area (Å²) < 4.78 is 24.7. The minimum Gasteiger partial charge on any atom is -0.467 e. The summed E-state index contributed by atoms with van der Waals surface area (Å²) in [7, 11) is 3.77. The second-order valence-electron chi connectivity index (χ2n) is 6.67. The van der Waals surface area contributed by atoms with Crippen molar-refractivity contribution in [3.05, 3.63) is 64.5 Å². The van der Waals surface area contributed by atoms with Gasteiger partial charge in [0.2, 0.25) is 0 Å². The Morgan fingerprint density at radius 3 is 2.85 bits per heavy atom. The molecule has 0 fully saturated rings. The Morgan fingerprint density at radius 2 is 2.07 bits per heavy atom. The molecule has 1 aliphatic heterocycles. The lowest BCUT2D eigenvalue weighted by molar-refractivity contribution is -0.0172. The summed E-state index contributed by atoms with van der Waals surface area (Å²) in [5.41, 5.74) is 4.12. The van der Waals surface area contributed by atoms with E-state index in [0.717, 1.165) is 29.4 Å². The Kier molecular flexibility index (Phi) is 6.29. The number of guanidine groups is 1. The number of nitrogens with zero attached hydrogens (tertiary/aromatic N) is 2. The second-order valence-corrected chi connectivity index (χ2v) is 6.67. The van der Waals surface area contributed by atoms with Gasteiger partial charge < -0.3 is 19.7 Å². The first-order chi connectivity index (χ1) is 13.1. The Labute approximate surface area is 159 Å². The van der Waals surface area contributed by atoms with Gasteiger partial charge in [-0.05, 0) is 42.2 Å². The van der Waals surface area contributed by atoms with E-state index in [0.29, 0.717) is 19.6 Å². The second kappa shape index (κ2) is 8.86. The van der Waals surface area contributed by atoms with Crippen LogP contribution in [-0.2, 0) is 24.3 Å². The summed E-state index contributed by atoms with van der Waals surface area (Å²) in [6.07, 6.45) is 0.636. The lowest BCUT2D eigenvalue weighted by Gasteiger charge is -2.24. The monoisotopic (exact) mass is 371 g/mol. The smallest absolute Gasteiger partial charge is 0.193 e. The van der Waals surface area contributed by atoms with Crippen LogP contribution in [0.5, 0.6) is 5.75 Å². The lowest BCUT2D eigenvalue weighted by Crippen LogP contribution is -2.39. The van der Waals surface area contributed by atoms with E-state index in [1.54, 1.807) is 7.05 Å². The van der Waals surface area contributed by atoms with Crippen LogP contribution in [0.15, 0.2) is 41.4 Å². The Bertz CT molecular complexity index is 823. The van der Waals surface area contributed by atoms with Crippen molar-refractivity contribution in [1.29, 1.82) is 0 Å². The number of halogens is 1. The molecule has 144 valence electrons. The number of hydrogen-bond acceptors (Lipinski definition) is 3. The van der Waals surface area contributed by atoms with Gasteiger partial charge in [0, 0.05) is 32.7 Å². The molecule has 1 heterocycles. The van der Waals surface area contributed by atoms with E-state index < -0.39 is 0 Å². The molecule has 2 aromatic rings. The molecule has 0 unspecified atom stereocenters. The molecule has 0 amide bonds. The fourth-order valence-corrected chi connectivity index (χ4v) is 3.25. The summed E-state index contributed by atoms with van der Waals surface area (Å²) >= 11 is 0. The molecule has 0 spiro atoms. The highest BCUT2D eigenvalue weighted by Gasteiger charge is 2.17. The van der Waals surface area contributed by atoms with Crippen LogP contribution in [0.2, 0.25) is 0 Å². The summed E-state index contributed by atoms with van der Waals surface area (Å²) in [5, 5.41) is 3.35. The summed E-state index contributed by atoms with van der Waals surface area (Å²) in [4.78, 5) is 6.43. The minimum absolute atomic E-state index is 0.208. The first kappa shape index (κ1) is 19.2. The van der Waals surface area contributed by atoms with Gasteiger partial charge in [0.25, 0.3) is 0 Å². The molecular weight excluding hydrogens is 345 g/mol. The molecule has 0 aromatic heterocycles. The maximum absolute atomic E-state index is 13.9. The first-order valence-electron chi connectivity index (χ1n) is 9.06. The van der Waals surface area contributed by atoms with E-state index in [-0.39, 0.29) is 12.6 Å². The van der Waals surface area contributed by atoms with Gasteiger partial charge in [-0.3, -0.25) is 4.99 Å². The first-order valence-corrected chi connectivity index (χ1v) is 9.06. The number of benzene rings is 2. The highest BCUT2D eigenvalue weighted by molar-refractivity contribution is 5.79. The zero-order valence-corrected chi connectivity index (χ0v) is 16.1. The fraction of sp³-hybridized carbons (Fsp3) is 0.381. The average Bonchev–Trinajstić information content (AvgIpc) is 2.66. The maximum Gasteiger partial charge on any atom is 0.193 e. The predicted molar refractivity (Wildman–Crippen MR) is 104 cm³/mol. The quantitative estimate of drug-likeness (QED) is 0.647. The number of nitrogens with one attached hydrogen (secondary N) is 1. The Hall–Kier alpha value is -2.60. The Balaban J connectivity index is 1.60. The molecule has 5 nitrogen and oxygen atoms in total. The normalized spacial score (nSPS) is 13.7. The van der Waals surface area contributed by atoms with Crippen LogP contribution in [0.1, 0.15) is 22.3 Å². The van der Waals surface area contributed by atoms with Crippen LogP contribution in [0.25, 0.3) is 0 Å². The SMILES string of the molecule is CN=C(NCCc1cc(F)cc2c1OCOC2)N(C)Cc1ccccc1C. The third-order valence-corrected chi connectivity index (χ3v) is 4.67. The van der Waals surface area contributed by atoms with E-state index in [1.165, 1.54) is 23.3 Å². The summed E-state index contributed by atoms with van der Waals surface area (Å²) in [5.74, 6) is 1.28. The van der Waals surface area contributed by atoms with E-state index >= 15 is 0 Å². The van der Waals surface area contributed by atoms with Crippen molar-refractivity contribution >= 4 is 5.96 Å². The van der Waals surface area contributed by atoms with Crippen molar-refractivity contribution in [2.75, 3.05) is 27.4 Å². The highest BCUT2D eigenvalue weighted by Crippen LogP contribution is 2.29. The molecule has 1 N–H and O–H groups in total. The molecule has 2 aromatic carbocycles. The third kappa shape index (κ3) is 4.77. The van der Waals surface area contributed by atoms with Gasteiger partial charge in [-0.15, -0.1) is 0 Å².